The van der Waals surface area contributed by atoms with Crippen molar-refractivity contribution in [2.75, 3.05) is 11.4 Å². The van der Waals surface area contributed by atoms with Crippen LogP contribution in [-0.4, -0.2) is 27.4 Å². The maximum absolute atomic E-state index is 12.8. The molecule has 0 radical (unpaired) electrons. The minimum absolute atomic E-state index is 0.171. The summed E-state index contributed by atoms with van der Waals surface area (Å²) in [5.74, 6) is 0.521. The lowest BCUT2D eigenvalue weighted by Crippen LogP contribution is -2.38. The first kappa shape index (κ1) is 18.9. The molecule has 7 heteroatoms. The maximum Gasteiger partial charge on any atom is 0.264 e. The summed E-state index contributed by atoms with van der Waals surface area (Å²) in [7, 11) is -2.21. The summed E-state index contributed by atoms with van der Waals surface area (Å²) in [4.78, 5) is 13.4. The van der Waals surface area contributed by atoms with Gasteiger partial charge in [-0.05, 0) is 55.2 Å². The predicted octanol–water partition coefficient (Wildman–Crippen LogP) is 3.88. The second kappa shape index (κ2) is 7.80. The summed E-state index contributed by atoms with van der Waals surface area (Å²) < 4.78 is 26.9. The van der Waals surface area contributed by atoms with Gasteiger partial charge in [0, 0.05) is 13.1 Å². The van der Waals surface area contributed by atoms with Crippen LogP contribution in [0, 0.1) is 5.92 Å². The average Bonchev–Trinajstić information content (AvgIpc) is 3.13. The summed E-state index contributed by atoms with van der Waals surface area (Å²) in [5, 5.41) is 4.83. The van der Waals surface area contributed by atoms with Gasteiger partial charge in [-0.2, -0.15) is 0 Å². The molecule has 1 N–H and O–H groups in total. The van der Waals surface area contributed by atoms with E-state index in [-0.39, 0.29) is 16.8 Å². The van der Waals surface area contributed by atoms with Crippen molar-refractivity contribution in [3.05, 3.63) is 46.7 Å². The van der Waals surface area contributed by atoms with Crippen molar-refractivity contribution in [2.45, 2.75) is 43.5 Å². The molecule has 26 heavy (non-hydrogen) atoms. The van der Waals surface area contributed by atoms with Crippen LogP contribution in [0.25, 0.3) is 0 Å². The molecule has 1 aromatic carbocycles. The van der Waals surface area contributed by atoms with Crippen molar-refractivity contribution < 1.29 is 13.2 Å². The molecule has 0 spiro atoms. The van der Waals surface area contributed by atoms with Gasteiger partial charge in [-0.15, -0.1) is 11.3 Å². The van der Waals surface area contributed by atoms with Gasteiger partial charge in [-0.25, -0.2) is 8.42 Å². The zero-order valence-electron chi connectivity index (χ0n) is 15.0. The van der Waals surface area contributed by atoms with Crippen LogP contribution in [0.2, 0.25) is 0 Å². The van der Waals surface area contributed by atoms with Crippen molar-refractivity contribution in [3.63, 3.8) is 0 Å². The Kier molecular flexibility index (Phi) is 5.67. The number of thiophene rings is 1. The van der Waals surface area contributed by atoms with Gasteiger partial charge in [0.05, 0.1) is 10.6 Å². The minimum Gasteiger partial charge on any atom is -0.349 e. The van der Waals surface area contributed by atoms with E-state index in [0.29, 0.717) is 16.5 Å². The van der Waals surface area contributed by atoms with Gasteiger partial charge < -0.3 is 5.32 Å². The Balaban J connectivity index is 1.78. The first-order chi connectivity index (χ1) is 12.4. The molecule has 0 unspecified atom stereocenters. The minimum atomic E-state index is -3.70. The Labute approximate surface area is 159 Å². The number of carbonyl (C=O) groups is 1. The summed E-state index contributed by atoms with van der Waals surface area (Å²) in [6.07, 6.45) is 4.19. The molecule has 3 rings (SSSR count). The van der Waals surface area contributed by atoms with E-state index in [1.807, 2.05) is 0 Å². The first-order valence-electron chi connectivity index (χ1n) is 8.82. The number of rotatable bonds is 5. The smallest absolute Gasteiger partial charge is 0.264 e. The van der Waals surface area contributed by atoms with E-state index in [2.05, 4.69) is 12.2 Å². The van der Waals surface area contributed by atoms with E-state index in [1.165, 1.54) is 22.7 Å². The number of hydrogen-bond donors (Lipinski definition) is 1. The SMILES string of the molecule is CC1CCC(NC(=O)c2sccc2N(C)S(=O)(=O)c2ccccc2)CC1. The first-order valence-corrected chi connectivity index (χ1v) is 11.1. The highest BCUT2D eigenvalue weighted by Crippen LogP contribution is 2.30. The fourth-order valence-electron chi connectivity index (χ4n) is 3.26. The number of hydrogen-bond acceptors (Lipinski definition) is 4. The molecule has 140 valence electrons. The van der Waals surface area contributed by atoms with Gasteiger partial charge >= 0.3 is 0 Å². The number of anilines is 1. The quantitative estimate of drug-likeness (QED) is 0.840. The normalized spacial score (nSPS) is 20.5. The van der Waals surface area contributed by atoms with Gasteiger partial charge in [0.25, 0.3) is 15.9 Å². The number of sulfonamides is 1. The zero-order valence-corrected chi connectivity index (χ0v) is 16.6. The molecule has 1 aromatic heterocycles. The highest BCUT2D eigenvalue weighted by atomic mass is 32.2. The molecule has 0 bridgehead atoms. The number of nitrogens with one attached hydrogen (secondary N) is 1. The Morgan fingerprint density at radius 2 is 1.77 bits per heavy atom. The van der Waals surface area contributed by atoms with Gasteiger partial charge in [-0.1, -0.05) is 25.1 Å². The monoisotopic (exact) mass is 392 g/mol. The van der Waals surface area contributed by atoms with E-state index in [1.54, 1.807) is 41.8 Å². The highest BCUT2D eigenvalue weighted by molar-refractivity contribution is 7.92. The second-order valence-corrected chi connectivity index (χ2v) is 9.74. The molecule has 1 amide bonds. The zero-order chi connectivity index (χ0) is 18.7. The van der Waals surface area contributed by atoms with E-state index in [4.69, 9.17) is 0 Å². The molecule has 1 fully saturated rings. The molecule has 0 atom stereocenters. The Bertz CT molecular complexity index is 854. The summed E-state index contributed by atoms with van der Waals surface area (Å²) in [5.41, 5.74) is 0.417. The van der Waals surface area contributed by atoms with Crippen molar-refractivity contribution in [1.82, 2.24) is 5.32 Å². The molecule has 1 saturated carbocycles. The largest absolute Gasteiger partial charge is 0.349 e. The average molecular weight is 393 g/mol. The van der Waals surface area contributed by atoms with E-state index in [0.717, 1.165) is 25.7 Å². The van der Waals surface area contributed by atoms with Crippen LogP contribution in [0.1, 0.15) is 42.3 Å². The van der Waals surface area contributed by atoms with Crippen molar-refractivity contribution in [3.8, 4) is 0 Å². The van der Waals surface area contributed by atoms with Crippen LogP contribution in [-0.2, 0) is 10.0 Å². The third-order valence-corrected chi connectivity index (χ3v) is 7.63. The van der Waals surface area contributed by atoms with Gasteiger partial charge in [0.1, 0.15) is 4.88 Å². The maximum atomic E-state index is 12.8. The Hall–Kier alpha value is -1.86. The summed E-state index contributed by atoms with van der Waals surface area (Å²) in [6.45, 7) is 2.23. The molecule has 1 heterocycles. The third-order valence-electron chi connectivity index (χ3n) is 4.94. The number of benzene rings is 1. The highest BCUT2D eigenvalue weighted by Gasteiger charge is 2.27. The third kappa shape index (κ3) is 3.94. The standard InChI is InChI=1S/C19H24N2O3S2/c1-14-8-10-15(11-9-14)20-19(22)18-17(12-13-25-18)21(2)26(23,24)16-6-4-3-5-7-16/h3-7,12-15H,8-11H2,1-2H3,(H,20,22). The molecule has 1 aliphatic carbocycles. The van der Waals surface area contributed by atoms with Gasteiger partial charge in [0.15, 0.2) is 0 Å². The number of amides is 1. The molecule has 1 aliphatic rings. The lowest BCUT2D eigenvalue weighted by molar-refractivity contribution is 0.0928. The van der Waals surface area contributed by atoms with E-state index >= 15 is 0 Å². The molecular formula is C19H24N2O3S2. The van der Waals surface area contributed by atoms with Crippen molar-refractivity contribution in [2.24, 2.45) is 5.92 Å². The fraction of sp³-hybridized carbons (Fsp3) is 0.421. The Morgan fingerprint density at radius 1 is 1.12 bits per heavy atom. The molecular weight excluding hydrogens is 368 g/mol. The van der Waals surface area contributed by atoms with Crippen molar-refractivity contribution in [1.29, 1.82) is 0 Å². The molecule has 0 aliphatic heterocycles. The van der Waals surface area contributed by atoms with Crippen molar-refractivity contribution >= 4 is 33.0 Å². The second-order valence-electron chi connectivity index (χ2n) is 6.85. The summed E-state index contributed by atoms with van der Waals surface area (Å²) in [6, 6.07) is 10.1. The van der Waals surface area contributed by atoms with Gasteiger partial charge in [0.2, 0.25) is 0 Å². The topological polar surface area (TPSA) is 66.5 Å². The van der Waals surface area contributed by atoms with Gasteiger partial charge in [-0.3, -0.25) is 9.10 Å². The van der Waals surface area contributed by atoms with Crippen LogP contribution in [0.4, 0.5) is 5.69 Å². The molecule has 5 nitrogen and oxygen atoms in total. The molecule has 0 saturated heterocycles. The number of nitrogens with zero attached hydrogens (tertiary/aromatic N) is 1. The number of carbonyl (C=O) groups excluding carboxylic acids is 1. The van der Waals surface area contributed by atoms with Crippen LogP contribution in [0.3, 0.4) is 0 Å². The Morgan fingerprint density at radius 3 is 2.42 bits per heavy atom. The van der Waals surface area contributed by atoms with E-state index in [9.17, 15) is 13.2 Å². The predicted molar refractivity (Wildman–Crippen MR) is 105 cm³/mol. The van der Waals surface area contributed by atoms with Crippen LogP contribution in [0.5, 0.6) is 0 Å². The lowest BCUT2D eigenvalue weighted by atomic mass is 9.87. The van der Waals surface area contributed by atoms with Crippen LogP contribution in [0.15, 0.2) is 46.7 Å². The summed E-state index contributed by atoms with van der Waals surface area (Å²) >= 11 is 1.27. The van der Waals surface area contributed by atoms with Crippen LogP contribution >= 0.6 is 11.3 Å². The lowest BCUT2D eigenvalue weighted by Gasteiger charge is -2.27. The van der Waals surface area contributed by atoms with E-state index < -0.39 is 10.0 Å². The fourth-order valence-corrected chi connectivity index (χ4v) is 5.37. The molecule has 2 aromatic rings. The van der Waals surface area contributed by atoms with Crippen LogP contribution < -0.4 is 9.62 Å².